The van der Waals surface area contributed by atoms with E-state index in [2.05, 4.69) is 0 Å². The van der Waals surface area contributed by atoms with Crippen LogP contribution in [-0.2, 0) is 4.79 Å². The second-order valence-electron chi connectivity index (χ2n) is 5.19. The molecule has 1 aromatic carbocycles. The Morgan fingerprint density at radius 3 is 2.26 bits per heavy atom. The van der Waals surface area contributed by atoms with Crippen LogP contribution >= 0.6 is 24.0 Å². The summed E-state index contributed by atoms with van der Waals surface area (Å²) in [6.07, 6.45) is 1.85. The summed E-state index contributed by atoms with van der Waals surface area (Å²) >= 11 is 6.72. The molecule has 2 aromatic rings. The first kappa shape index (κ1) is 15.8. The number of carbonyl (C=O) groups excluding carboxylic acids is 1. The molecule has 1 aliphatic rings. The summed E-state index contributed by atoms with van der Waals surface area (Å²) in [6, 6.07) is 11.5. The van der Waals surface area contributed by atoms with Gasteiger partial charge in [0.2, 0.25) is 0 Å². The van der Waals surface area contributed by atoms with Gasteiger partial charge in [-0.2, -0.15) is 5.01 Å². The Hall–Kier alpha value is -2.05. The molecule has 2 heterocycles. The van der Waals surface area contributed by atoms with Gasteiger partial charge in [0, 0.05) is 11.4 Å². The molecule has 3 rings (SSSR count). The van der Waals surface area contributed by atoms with Gasteiger partial charge in [0.05, 0.1) is 12.0 Å². The Balaban J connectivity index is 1.93. The SMILES string of the molecule is COc1ccc(/C=C2/SC(=S)N(n3c(C)ccc3C)C2=O)cc1. The monoisotopic (exact) mass is 344 g/mol. The van der Waals surface area contributed by atoms with Crippen molar-refractivity contribution in [3.8, 4) is 5.75 Å². The minimum Gasteiger partial charge on any atom is -0.497 e. The molecule has 0 unspecified atom stereocenters. The summed E-state index contributed by atoms with van der Waals surface area (Å²) in [6.45, 7) is 3.91. The van der Waals surface area contributed by atoms with Crippen LogP contribution < -0.4 is 9.75 Å². The van der Waals surface area contributed by atoms with E-state index in [0.29, 0.717) is 9.23 Å². The van der Waals surface area contributed by atoms with Crippen molar-refractivity contribution in [2.24, 2.45) is 0 Å². The van der Waals surface area contributed by atoms with Crippen molar-refractivity contribution in [2.75, 3.05) is 12.1 Å². The van der Waals surface area contributed by atoms with Gasteiger partial charge in [0.25, 0.3) is 5.91 Å². The zero-order valence-corrected chi connectivity index (χ0v) is 14.7. The van der Waals surface area contributed by atoms with Crippen LogP contribution in [0.5, 0.6) is 5.75 Å². The van der Waals surface area contributed by atoms with Gasteiger partial charge in [-0.1, -0.05) is 23.9 Å². The number of hydrogen-bond acceptors (Lipinski definition) is 4. The number of carbonyl (C=O) groups is 1. The number of thiocarbonyl (C=S) groups is 1. The molecule has 0 N–H and O–H groups in total. The molecule has 1 aromatic heterocycles. The van der Waals surface area contributed by atoms with Crippen LogP contribution in [0.2, 0.25) is 0 Å². The molecule has 23 heavy (non-hydrogen) atoms. The Kier molecular flexibility index (Phi) is 4.28. The van der Waals surface area contributed by atoms with E-state index in [1.165, 1.54) is 11.8 Å². The maximum absolute atomic E-state index is 12.8. The third-order valence-corrected chi connectivity index (χ3v) is 4.90. The average molecular weight is 344 g/mol. The van der Waals surface area contributed by atoms with Crippen LogP contribution in [0.3, 0.4) is 0 Å². The molecule has 1 saturated heterocycles. The third kappa shape index (κ3) is 2.92. The van der Waals surface area contributed by atoms with Crippen molar-refractivity contribution < 1.29 is 9.53 Å². The third-order valence-electron chi connectivity index (χ3n) is 3.62. The maximum Gasteiger partial charge on any atom is 0.285 e. The number of methoxy groups -OCH3 is 1. The second kappa shape index (κ2) is 6.22. The highest BCUT2D eigenvalue weighted by Crippen LogP contribution is 2.32. The number of ether oxygens (including phenoxy) is 1. The molecule has 1 fully saturated rings. The highest BCUT2D eigenvalue weighted by Gasteiger charge is 2.34. The molecular formula is C17H16N2O2S2. The number of aromatic nitrogens is 1. The fourth-order valence-electron chi connectivity index (χ4n) is 2.46. The van der Waals surface area contributed by atoms with Crippen molar-refractivity contribution in [1.82, 2.24) is 4.68 Å². The van der Waals surface area contributed by atoms with E-state index < -0.39 is 0 Å². The molecule has 0 aliphatic carbocycles. The number of thioether (sulfide) groups is 1. The summed E-state index contributed by atoms with van der Waals surface area (Å²) in [5.41, 5.74) is 2.89. The number of amides is 1. The molecule has 0 bridgehead atoms. The first-order valence-corrected chi connectivity index (χ1v) is 8.31. The predicted octanol–water partition coefficient (Wildman–Crippen LogP) is 3.65. The van der Waals surface area contributed by atoms with E-state index in [9.17, 15) is 4.79 Å². The largest absolute Gasteiger partial charge is 0.497 e. The van der Waals surface area contributed by atoms with Crippen LogP contribution in [0, 0.1) is 13.8 Å². The fraction of sp³-hybridized carbons (Fsp3) is 0.176. The summed E-state index contributed by atoms with van der Waals surface area (Å²) in [7, 11) is 1.63. The topological polar surface area (TPSA) is 34.5 Å². The molecule has 0 atom stereocenters. The van der Waals surface area contributed by atoms with E-state index in [-0.39, 0.29) is 5.91 Å². The van der Waals surface area contributed by atoms with E-state index in [1.54, 1.807) is 12.1 Å². The number of hydrogen-bond donors (Lipinski definition) is 0. The van der Waals surface area contributed by atoms with Gasteiger partial charge in [-0.05, 0) is 62.0 Å². The van der Waals surface area contributed by atoms with Crippen molar-refractivity contribution in [2.45, 2.75) is 13.8 Å². The molecule has 0 radical (unpaired) electrons. The van der Waals surface area contributed by atoms with Crippen molar-refractivity contribution in [3.63, 3.8) is 0 Å². The summed E-state index contributed by atoms with van der Waals surface area (Å²) < 4.78 is 7.54. The molecule has 6 heteroatoms. The first-order chi connectivity index (χ1) is 11.0. The molecule has 1 aliphatic heterocycles. The van der Waals surface area contributed by atoms with Crippen LogP contribution in [0.25, 0.3) is 6.08 Å². The van der Waals surface area contributed by atoms with Gasteiger partial charge in [0.15, 0.2) is 4.32 Å². The molecular weight excluding hydrogens is 328 g/mol. The van der Waals surface area contributed by atoms with Gasteiger partial charge in [-0.15, -0.1) is 0 Å². The normalized spacial score (nSPS) is 16.5. The lowest BCUT2D eigenvalue weighted by atomic mass is 10.2. The second-order valence-corrected chi connectivity index (χ2v) is 6.87. The Bertz CT molecular complexity index is 787. The Morgan fingerprint density at radius 2 is 1.70 bits per heavy atom. The number of nitrogens with zero attached hydrogens (tertiary/aromatic N) is 2. The molecule has 118 valence electrons. The van der Waals surface area contributed by atoms with Gasteiger partial charge >= 0.3 is 0 Å². The molecule has 1 amide bonds. The maximum atomic E-state index is 12.8. The van der Waals surface area contributed by atoms with Gasteiger partial charge in [0.1, 0.15) is 5.75 Å². The van der Waals surface area contributed by atoms with E-state index >= 15 is 0 Å². The van der Waals surface area contributed by atoms with E-state index in [1.807, 2.05) is 61.0 Å². The quantitative estimate of drug-likeness (QED) is 0.629. The first-order valence-electron chi connectivity index (χ1n) is 7.08. The lowest BCUT2D eigenvalue weighted by Crippen LogP contribution is -2.39. The summed E-state index contributed by atoms with van der Waals surface area (Å²) in [4.78, 5) is 13.4. The van der Waals surface area contributed by atoms with Gasteiger partial charge < -0.3 is 4.74 Å². The minimum atomic E-state index is -0.0989. The fourth-order valence-corrected chi connectivity index (χ4v) is 3.70. The number of benzene rings is 1. The van der Waals surface area contributed by atoms with E-state index in [4.69, 9.17) is 17.0 Å². The molecule has 0 spiro atoms. The van der Waals surface area contributed by atoms with Crippen molar-refractivity contribution >= 4 is 40.3 Å². The van der Waals surface area contributed by atoms with Crippen molar-refractivity contribution in [1.29, 1.82) is 0 Å². The average Bonchev–Trinajstić information content (AvgIpc) is 3.00. The predicted molar refractivity (Wildman–Crippen MR) is 98.3 cm³/mol. The van der Waals surface area contributed by atoms with Crippen LogP contribution in [0.1, 0.15) is 17.0 Å². The smallest absolute Gasteiger partial charge is 0.285 e. The highest BCUT2D eigenvalue weighted by molar-refractivity contribution is 8.27. The molecule has 4 nitrogen and oxygen atoms in total. The van der Waals surface area contributed by atoms with Crippen LogP contribution in [0.15, 0.2) is 41.3 Å². The highest BCUT2D eigenvalue weighted by atomic mass is 32.2. The summed E-state index contributed by atoms with van der Waals surface area (Å²) in [5, 5.41) is 1.56. The standard InChI is InChI=1S/C17H16N2O2S2/c1-11-4-5-12(2)18(11)19-16(20)15(23-17(19)22)10-13-6-8-14(21-3)9-7-13/h4-10H,1-3H3/b15-10+. The van der Waals surface area contributed by atoms with Crippen LogP contribution in [-0.4, -0.2) is 22.0 Å². The molecule has 0 saturated carbocycles. The summed E-state index contributed by atoms with van der Waals surface area (Å²) in [5.74, 6) is 0.687. The number of aryl methyl sites for hydroxylation is 2. The lowest BCUT2D eigenvalue weighted by Gasteiger charge is -2.20. The minimum absolute atomic E-state index is 0.0989. The zero-order valence-electron chi connectivity index (χ0n) is 13.1. The van der Waals surface area contributed by atoms with E-state index in [0.717, 1.165) is 22.7 Å². The Morgan fingerprint density at radius 1 is 1.09 bits per heavy atom. The van der Waals surface area contributed by atoms with Crippen molar-refractivity contribution in [3.05, 3.63) is 58.3 Å². The number of rotatable bonds is 3. The zero-order chi connectivity index (χ0) is 16.6. The van der Waals surface area contributed by atoms with Crippen LogP contribution in [0.4, 0.5) is 0 Å². The van der Waals surface area contributed by atoms with Gasteiger partial charge in [-0.25, -0.2) is 0 Å². The lowest BCUT2D eigenvalue weighted by molar-refractivity contribution is -0.114. The Labute approximate surface area is 144 Å². The van der Waals surface area contributed by atoms with Gasteiger partial charge in [-0.3, -0.25) is 9.47 Å².